The number of rotatable bonds is 4. The van der Waals surface area contributed by atoms with Gasteiger partial charge in [-0.05, 0) is 60.5 Å². The summed E-state index contributed by atoms with van der Waals surface area (Å²) in [4.78, 5) is 0. The molecule has 0 saturated carbocycles. The van der Waals surface area contributed by atoms with Crippen molar-refractivity contribution in [1.29, 1.82) is 0 Å². The Labute approximate surface area is 367 Å². The van der Waals surface area contributed by atoms with Gasteiger partial charge in [0.2, 0.25) is 0 Å². The van der Waals surface area contributed by atoms with E-state index < -0.39 is 59.8 Å². The third-order valence-corrected chi connectivity index (χ3v) is 189. The van der Waals surface area contributed by atoms with Crippen LogP contribution in [0.2, 0.25) is 60.5 Å². The Morgan fingerprint density at radius 1 is 0.143 bits per heavy atom. The summed E-state index contributed by atoms with van der Waals surface area (Å²) in [6.07, 6.45) is 0. The van der Waals surface area contributed by atoms with E-state index in [4.69, 9.17) is 0 Å². The standard InChI is InChI=1S/C48H108Si8/c1-37(2,3)53(38(4,5)6,39(7,8)9)49-50(54(40(10,11)12,41(13,14)15)42(16,17)18)52(56(46(28,29)30,47(31,32)33)48(34,35)36)51(49)55(43(19,20)21,44(22,23)24)45(25,26)27/h1-36H3. The van der Waals surface area contributed by atoms with Crippen molar-refractivity contribution < 1.29 is 0 Å². The maximum atomic E-state index is 2.84. The lowest BCUT2D eigenvalue weighted by Crippen LogP contribution is -3.08. The van der Waals surface area contributed by atoms with Gasteiger partial charge in [0.1, 0.15) is 0 Å². The van der Waals surface area contributed by atoms with Crippen LogP contribution in [0.25, 0.3) is 0 Å². The van der Waals surface area contributed by atoms with Gasteiger partial charge < -0.3 is 0 Å². The minimum absolute atomic E-state index is 0.314. The maximum Gasteiger partial charge on any atom is 0.0540 e. The van der Waals surface area contributed by atoms with E-state index in [0.717, 1.165) is 0 Å². The monoisotopic (exact) mass is 909 g/mol. The zero-order chi connectivity index (χ0) is 46.3. The molecule has 0 atom stereocenters. The normalized spacial score (nSPS) is 19.5. The smallest absolute Gasteiger partial charge is 0.0540 e. The first-order valence-electron chi connectivity index (χ1n) is 23.0. The summed E-state index contributed by atoms with van der Waals surface area (Å²) in [5.74, 6) is 0. The highest BCUT2D eigenvalue weighted by Crippen LogP contribution is 2.77. The van der Waals surface area contributed by atoms with Crippen LogP contribution in [0.4, 0.5) is 0 Å². The lowest BCUT2D eigenvalue weighted by molar-refractivity contribution is 0.548. The van der Waals surface area contributed by atoms with E-state index >= 15 is 0 Å². The molecular weight excluding hydrogens is 801 g/mol. The average molecular weight is 910 g/mol. The topological polar surface area (TPSA) is 0 Å². The van der Waals surface area contributed by atoms with Crippen molar-refractivity contribution in [3.05, 3.63) is 0 Å². The second-order valence-electron chi connectivity index (χ2n) is 31.5. The highest BCUT2D eigenvalue weighted by atomic mass is 30.5. The van der Waals surface area contributed by atoms with Crippen molar-refractivity contribution in [3.8, 4) is 0 Å². The Balaban J connectivity index is 5.91. The Hall–Kier alpha value is 1.74. The van der Waals surface area contributed by atoms with Crippen LogP contribution in [0.15, 0.2) is 0 Å². The molecule has 0 aromatic rings. The van der Waals surface area contributed by atoms with Crippen molar-refractivity contribution in [1.82, 2.24) is 0 Å². The van der Waals surface area contributed by atoms with E-state index in [9.17, 15) is 0 Å². The van der Waals surface area contributed by atoms with E-state index in [1.165, 1.54) is 0 Å². The summed E-state index contributed by atoms with van der Waals surface area (Å²) in [5, 5.41) is 3.76. The second kappa shape index (κ2) is 14.6. The molecule has 0 unspecified atom stereocenters. The molecule has 0 amide bonds. The van der Waals surface area contributed by atoms with Crippen LogP contribution in [0.3, 0.4) is 0 Å². The largest absolute Gasteiger partial charge is 0.0628 e. The number of hydrogen-bond acceptors (Lipinski definition) is 0. The maximum absolute atomic E-state index is 2.84. The Morgan fingerprint density at radius 3 is 0.232 bits per heavy atom. The molecule has 1 fully saturated rings. The van der Waals surface area contributed by atoms with Crippen molar-refractivity contribution in [2.45, 2.75) is 310 Å². The van der Waals surface area contributed by atoms with Crippen LogP contribution in [0.1, 0.15) is 249 Å². The third kappa shape index (κ3) is 7.45. The SMILES string of the molecule is CC(C)(C)[Si]([Si]1[Si]([Si](C(C)(C)C)(C(C)(C)C)C(C)(C)C)[Si]([Si](C(C)(C)C)(C(C)(C)C)C(C)(C)C)[Si]1[Si](C(C)(C)C)(C(C)(C)C)C(C)(C)C)(C(C)(C)C)C(C)(C)C. The Morgan fingerprint density at radius 2 is 0.196 bits per heavy atom. The van der Waals surface area contributed by atoms with E-state index in [0.29, 0.717) is 60.5 Å². The van der Waals surface area contributed by atoms with Crippen LogP contribution in [0.5, 0.6) is 0 Å². The van der Waals surface area contributed by atoms with Gasteiger partial charge in [-0.15, -0.1) is 0 Å². The molecule has 1 rings (SSSR count). The molecule has 0 N–H and O–H groups in total. The zero-order valence-corrected chi connectivity index (χ0v) is 54.0. The molecule has 332 valence electrons. The minimum atomic E-state index is -2.22. The molecule has 56 heavy (non-hydrogen) atoms. The molecule has 1 aliphatic rings. The molecule has 0 aromatic carbocycles. The summed E-state index contributed by atoms with van der Waals surface area (Å²) in [6, 6.07) is 0. The quantitative estimate of drug-likeness (QED) is 0.247. The molecule has 0 aromatic heterocycles. The lowest BCUT2D eigenvalue weighted by Gasteiger charge is -2.84. The molecule has 0 spiro atoms. The van der Waals surface area contributed by atoms with Gasteiger partial charge in [0.05, 0.1) is 30.4 Å². The fourth-order valence-corrected chi connectivity index (χ4v) is 380. The van der Waals surface area contributed by atoms with E-state index in [-0.39, 0.29) is 0 Å². The summed E-state index contributed by atoms with van der Waals surface area (Å²) >= 11 is 0. The van der Waals surface area contributed by atoms with Gasteiger partial charge in [-0.2, -0.15) is 0 Å². The van der Waals surface area contributed by atoms with Gasteiger partial charge in [0.15, 0.2) is 0 Å². The highest BCUT2D eigenvalue weighted by Gasteiger charge is 2.88. The average Bonchev–Trinajstić information content (AvgIpc) is 2.73. The van der Waals surface area contributed by atoms with Gasteiger partial charge in [0, 0.05) is 29.4 Å². The van der Waals surface area contributed by atoms with Crippen LogP contribution < -0.4 is 0 Å². The molecule has 8 heteroatoms. The van der Waals surface area contributed by atoms with Crippen molar-refractivity contribution in [2.24, 2.45) is 0 Å². The zero-order valence-electron chi connectivity index (χ0n) is 46.0. The first-order valence-corrected chi connectivity index (χ1v) is 45.0. The highest BCUT2D eigenvalue weighted by molar-refractivity contribution is 8.28. The van der Waals surface area contributed by atoms with E-state index in [1.807, 2.05) is 0 Å². The second-order valence-corrected chi connectivity index (χ2v) is 104. The molecule has 1 heterocycles. The molecule has 0 nitrogen and oxygen atoms in total. The van der Waals surface area contributed by atoms with Crippen molar-refractivity contribution in [2.75, 3.05) is 0 Å². The Kier molecular flexibility index (Phi) is 14.6. The van der Waals surface area contributed by atoms with Gasteiger partial charge in [-0.3, -0.25) is 0 Å². The first-order chi connectivity index (χ1) is 23.5. The third-order valence-electron chi connectivity index (χ3n) is 16.0. The number of hydrogen-bond donors (Lipinski definition) is 0. The van der Waals surface area contributed by atoms with Crippen LogP contribution in [-0.2, 0) is 0 Å². The van der Waals surface area contributed by atoms with E-state index in [1.54, 1.807) is 0 Å². The fourth-order valence-electron chi connectivity index (χ4n) is 19.9. The molecule has 4 radical (unpaired) electrons. The molecular formula is C48H108Si8. The Bertz CT molecular complexity index is 1000. The van der Waals surface area contributed by atoms with Crippen molar-refractivity contribution >= 4 is 59.8 Å². The fraction of sp³-hybridized carbons (Fsp3) is 1.00. The molecule has 1 saturated heterocycles. The van der Waals surface area contributed by atoms with Gasteiger partial charge in [0.25, 0.3) is 0 Å². The molecule has 1 aliphatic heterocycles. The van der Waals surface area contributed by atoms with Gasteiger partial charge in [-0.1, -0.05) is 249 Å². The molecule has 0 aliphatic carbocycles. The van der Waals surface area contributed by atoms with Crippen LogP contribution >= 0.6 is 0 Å². The molecule has 0 bridgehead atoms. The predicted molar refractivity (Wildman–Crippen MR) is 283 cm³/mol. The van der Waals surface area contributed by atoms with Gasteiger partial charge in [-0.25, -0.2) is 0 Å². The van der Waals surface area contributed by atoms with Crippen LogP contribution in [0, 0.1) is 0 Å². The van der Waals surface area contributed by atoms with E-state index in [2.05, 4.69) is 249 Å². The first kappa shape index (κ1) is 55.8. The van der Waals surface area contributed by atoms with Crippen LogP contribution in [-0.4, -0.2) is 59.8 Å². The predicted octanol–water partition coefficient (Wildman–Crippen LogP) is 18.0. The minimum Gasteiger partial charge on any atom is -0.0628 e. The summed E-state index contributed by atoms with van der Waals surface area (Å²) in [6.45, 7) is 102. The summed E-state index contributed by atoms with van der Waals surface area (Å²) in [7, 11) is -12.4. The summed E-state index contributed by atoms with van der Waals surface area (Å²) in [5.41, 5.74) is 0. The van der Waals surface area contributed by atoms with Gasteiger partial charge >= 0.3 is 0 Å². The lowest BCUT2D eigenvalue weighted by atomic mass is 10.2. The van der Waals surface area contributed by atoms with Crippen molar-refractivity contribution in [3.63, 3.8) is 0 Å². The summed E-state index contributed by atoms with van der Waals surface area (Å²) < 4.78 is 0.